The lowest BCUT2D eigenvalue weighted by atomic mass is 10.1. The fraction of sp³-hybridized carbons (Fsp3) is 0.609. The summed E-state index contributed by atoms with van der Waals surface area (Å²) < 4.78 is 2.47. The van der Waals surface area contributed by atoms with E-state index in [2.05, 4.69) is 53.9 Å². The Labute approximate surface area is 169 Å². The second-order valence-electron chi connectivity index (χ2n) is 7.64. The fourth-order valence-corrected chi connectivity index (χ4v) is 4.83. The Hall–Kier alpha value is -1.42. The molecule has 0 aliphatic carbocycles. The topological polar surface area (TPSA) is 20.5 Å². The van der Waals surface area contributed by atoms with E-state index in [1.54, 1.807) is 0 Å². The van der Waals surface area contributed by atoms with Gasteiger partial charge >= 0.3 is 0 Å². The van der Waals surface area contributed by atoms with Crippen molar-refractivity contribution >= 4 is 28.5 Å². The Kier molecular flexibility index (Phi) is 8.12. The van der Waals surface area contributed by atoms with Crippen LogP contribution in [0, 0.1) is 0 Å². The summed E-state index contributed by atoms with van der Waals surface area (Å²) in [6.07, 6.45) is 12.9. The molecular formula is C23H35N3S. The number of amidine groups is 1. The van der Waals surface area contributed by atoms with E-state index < -0.39 is 0 Å². The van der Waals surface area contributed by atoms with Crippen LogP contribution in [-0.4, -0.2) is 41.2 Å². The number of unbranched alkanes of at least 4 members (excludes halogenated alkanes) is 5. The lowest BCUT2D eigenvalue weighted by molar-refractivity contribution is 0.548. The third-order valence-electron chi connectivity index (χ3n) is 5.48. The molecule has 1 aromatic heterocycles. The summed E-state index contributed by atoms with van der Waals surface area (Å²) in [7, 11) is 2.16. The molecular weight excluding hydrogens is 350 g/mol. The zero-order valence-electron chi connectivity index (χ0n) is 17.1. The molecule has 0 amide bonds. The number of hydrogen-bond donors (Lipinski definition) is 0. The minimum Gasteiger partial charge on any atom is -0.363 e. The SMILES string of the molecule is CCCCCCCCn1cc(SCC/N=C2\CCCN2C)c2ccccc21. The smallest absolute Gasteiger partial charge is 0.0987 e. The molecule has 0 saturated carbocycles. The van der Waals surface area contributed by atoms with Gasteiger partial charge in [0.2, 0.25) is 0 Å². The number of thioether (sulfide) groups is 1. The van der Waals surface area contributed by atoms with Gasteiger partial charge in [0, 0.05) is 54.3 Å². The summed E-state index contributed by atoms with van der Waals surface area (Å²) in [5.74, 6) is 2.35. The molecule has 0 N–H and O–H groups in total. The van der Waals surface area contributed by atoms with Crippen molar-refractivity contribution in [2.75, 3.05) is 25.9 Å². The molecule has 2 aromatic rings. The minimum atomic E-state index is 0.918. The third kappa shape index (κ3) is 5.78. The Morgan fingerprint density at radius 3 is 2.70 bits per heavy atom. The maximum Gasteiger partial charge on any atom is 0.0987 e. The van der Waals surface area contributed by atoms with Gasteiger partial charge in [-0.2, -0.15) is 0 Å². The molecule has 3 rings (SSSR count). The van der Waals surface area contributed by atoms with E-state index in [0.29, 0.717) is 0 Å². The third-order valence-corrected chi connectivity index (χ3v) is 6.51. The first-order valence-electron chi connectivity index (χ1n) is 10.7. The number of likely N-dealkylation sites (tertiary alicyclic amines) is 1. The molecule has 0 bridgehead atoms. The first-order chi connectivity index (χ1) is 13.3. The molecule has 1 aliphatic rings. The van der Waals surface area contributed by atoms with Gasteiger partial charge in [0.1, 0.15) is 0 Å². The largest absolute Gasteiger partial charge is 0.363 e. The van der Waals surface area contributed by atoms with Crippen molar-refractivity contribution in [3.05, 3.63) is 30.5 Å². The fourth-order valence-electron chi connectivity index (χ4n) is 3.90. The van der Waals surface area contributed by atoms with Crippen molar-refractivity contribution in [2.45, 2.75) is 69.7 Å². The molecule has 1 aliphatic heterocycles. The van der Waals surface area contributed by atoms with Gasteiger partial charge in [-0.05, 0) is 18.9 Å². The van der Waals surface area contributed by atoms with Crippen LogP contribution >= 0.6 is 11.8 Å². The Morgan fingerprint density at radius 1 is 1.07 bits per heavy atom. The monoisotopic (exact) mass is 385 g/mol. The number of hydrogen-bond acceptors (Lipinski definition) is 2. The lowest BCUT2D eigenvalue weighted by Crippen LogP contribution is -2.19. The van der Waals surface area contributed by atoms with E-state index >= 15 is 0 Å². The molecule has 4 heteroatoms. The number of para-hydroxylation sites is 1. The second-order valence-corrected chi connectivity index (χ2v) is 8.78. The van der Waals surface area contributed by atoms with Crippen LogP contribution in [0.2, 0.25) is 0 Å². The number of aliphatic imine (C=N–C) groups is 1. The molecule has 2 heterocycles. The van der Waals surface area contributed by atoms with Gasteiger partial charge in [0.25, 0.3) is 0 Å². The van der Waals surface area contributed by atoms with Crippen LogP contribution in [0.5, 0.6) is 0 Å². The van der Waals surface area contributed by atoms with Crippen LogP contribution in [0.15, 0.2) is 40.4 Å². The Morgan fingerprint density at radius 2 is 1.89 bits per heavy atom. The number of nitrogens with zero attached hydrogens (tertiary/aromatic N) is 3. The second kappa shape index (κ2) is 10.8. The molecule has 1 saturated heterocycles. The average molecular weight is 386 g/mol. The van der Waals surface area contributed by atoms with Crippen molar-refractivity contribution in [1.29, 1.82) is 0 Å². The zero-order valence-corrected chi connectivity index (χ0v) is 17.9. The van der Waals surface area contributed by atoms with Crippen molar-refractivity contribution in [3.63, 3.8) is 0 Å². The van der Waals surface area contributed by atoms with Gasteiger partial charge in [-0.15, -0.1) is 11.8 Å². The van der Waals surface area contributed by atoms with Crippen LogP contribution in [0.4, 0.5) is 0 Å². The average Bonchev–Trinajstić information content (AvgIpc) is 3.25. The number of aromatic nitrogens is 1. The van der Waals surface area contributed by atoms with Gasteiger partial charge in [-0.1, -0.05) is 57.2 Å². The summed E-state index contributed by atoms with van der Waals surface area (Å²) >= 11 is 1.96. The molecule has 1 aromatic carbocycles. The van der Waals surface area contributed by atoms with Crippen LogP contribution in [0.1, 0.15) is 58.3 Å². The van der Waals surface area contributed by atoms with Crippen LogP contribution in [0.25, 0.3) is 10.9 Å². The summed E-state index contributed by atoms with van der Waals surface area (Å²) in [5.41, 5.74) is 1.38. The molecule has 1 fully saturated rings. The highest BCUT2D eigenvalue weighted by Gasteiger charge is 2.13. The van der Waals surface area contributed by atoms with Crippen molar-refractivity contribution in [2.24, 2.45) is 4.99 Å². The van der Waals surface area contributed by atoms with E-state index in [1.165, 1.54) is 66.6 Å². The quantitative estimate of drug-likeness (QED) is 0.338. The van der Waals surface area contributed by atoms with Crippen molar-refractivity contribution in [3.8, 4) is 0 Å². The number of aryl methyl sites for hydroxylation is 1. The van der Waals surface area contributed by atoms with Gasteiger partial charge in [-0.25, -0.2) is 0 Å². The van der Waals surface area contributed by atoms with E-state index in [4.69, 9.17) is 4.99 Å². The molecule has 0 radical (unpaired) electrons. The van der Waals surface area contributed by atoms with Crippen molar-refractivity contribution < 1.29 is 0 Å². The normalized spacial score (nSPS) is 16.1. The number of rotatable bonds is 11. The Balaban J connectivity index is 1.54. The predicted molar refractivity (Wildman–Crippen MR) is 120 cm³/mol. The van der Waals surface area contributed by atoms with E-state index in [0.717, 1.165) is 31.8 Å². The predicted octanol–water partition coefficient (Wildman–Crippen LogP) is 6.22. The highest BCUT2D eigenvalue weighted by atomic mass is 32.2. The standard InChI is InChI=1S/C23H35N3S/c1-3-4-5-6-7-10-17-26-19-22(20-12-8-9-13-21(20)26)27-18-15-24-23-14-11-16-25(23)2/h8-9,12-13,19H,3-7,10-11,14-18H2,1-2H3/b24-23+. The first-order valence-corrected chi connectivity index (χ1v) is 11.7. The van der Waals surface area contributed by atoms with E-state index in [1.807, 2.05) is 11.8 Å². The summed E-state index contributed by atoms with van der Waals surface area (Å²) in [4.78, 5) is 8.52. The first kappa shape index (κ1) is 20.3. The van der Waals surface area contributed by atoms with Crippen LogP contribution in [0.3, 0.4) is 0 Å². The Bertz CT molecular complexity index is 734. The highest BCUT2D eigenvalue weighted by Crippen LogP contribution is 2.30. The van der Waals surface area contributed by atoms with Crippen molar-refractivity contribution in [1.82, 2.24) is 9.47 Å². The molecule has 27 heavy (non-hydrogen) atoms. The molecule has 148 valence electrons. The van der Waals surface area contributed by atoms with Crippen LogP contribution < -0.4 is 0 Å². The maximum atomic E-state index is 4.81. The summed E-state index contributed by atoms with van der Waals surface area (Å²) in [6, 6.07) is 8.86. The number of benzene rings is 1. The highest BCUT2D eigenvalue weighted by molar-refractivity contribution is 7.99. The van der Waals surface area contributed by atoms with Gasteiger partial charge in [0.15, 0.2) is 0 Å². The maximum absolute atomic E-state index is 4.81. The van der Waals surface area contributed by atoms with Crippen LogP contribution in [-0.2, 0) is 6.54 Å². The molecule has 3 nitrogen and oxygen atoms in total. The molecule has 0 unspecified atom stereocenters. The minimum absolute atomic E-state index is 0.918. The summed E-state index contributed by atoms with van der Waals surface area (Å²) in [6.45, 7) is 5.50. The van der Waals surface area contributed by atoms with E-state index in [9.17, 15) is 0 Å². The lowest BCUT2D eigenvalue weighted by Gasteiger charge is -2.10. The summed E-state index contributed by atoms with van der Waals surface area (Å²) in [5, 5.41) is 1.40. The van der Waals surface area contributed by atoms with E-state index in [-0.39, 0.29) is 0 Å². The molecule has 0 spiro atoms. The zero-order chi connectivity index (χ0) is 18.9. The number of fused-ring (bicyclic) bond motifs is 1. The molecule has 0 atom stereocenters. The van der Waals surface area contributed by atoms with Gasteiger partial charge < -0.3 is 9.47 Å². The van der Waals surface area contributed by atoms with Gasteiger partial charge in [-0.3, -0.25) is 4.99 Å². The van der Waals surface area contributed by atoms with Gasteiger partial charge in [0.05, 0.1) is 12.4 Å².